The van der Waals surface area contributed by atoms with Gasteiger partial charge in [0.15, 0.2) is 0 Å². The van der Waals surface area contributed by atoms with Crippen LogP contribution in [0.15, 0.2) is 0 Å². The molecule has 2 heterocycles. The van der Waals surface area contributed by atoms with Crippen molar-refractivity contribution >= 4 is 17.8 Å². The number of hydrogen-bond donors (Lipinski definition) is 2. The molecule has 24 heavy (non-hydrogen) atoms. The van der Waals surface area contributed by atoms with Gasteiger partial charge in [-0.1, -0.05) is 0 Å². The van der Waals surface area contributed by atoms with Crippen molar-refractivity contribution in [1.82, 2.24) is 20.4 Å². The predicted molar refractivity (Wildman–Crippen MR) is 89.3 cm³/mol. The van der Waals surface area contributed by atoms with Gasteiger partial charge < -0.3 is 10.2 Å². The fraction of sp³-hybridized carbons (Fsp3) is 0.824. The van der Waals surface area contributed by atoms with E-state index in [0.717, 1.165) is 64.7 Å². The smallest absolute Gasteiger partial charge is 0.321 e. The minimum Gasteiger partial charge on any atom is -0.342 e. The summed E-state index contributed by atoms with van der Waals surface area (Å²) in [7, 11) is 0. The van der Waals surface area contributed by atoms with E-state index in [2.05, 4.69) is 10.6 Å². The van der Waals surface area contributed by atoms with E-state index in [9.17, 15) is 14.4 Å². The highest BCUT2D eigenvalue weighted by molar-refractivity contribution is 5.95. The molecule has 3 aliphatic rings. The first-order valence-electron chi connectivity index (χ1n) is 9.23. The highest BCUT2D eigenvalue weighted by atomic mass is 16.2. The van der Waals surface area contributed by atoms with Gasteiger partial charge in [-0.2, -0.15) is 0 Å². The summed E-state index contributed by atoms with van der Waals surface area (Å²) in [6.45, 7) is 3.50. The summed E-state index contributed by atoms with van der Waals surface area (Å²) in [5.74, 6) is 0.122. The maximum atomic E-state index is 12.5. The van der Waals surface area contributed by atoms with E-state index in [1.165, 1.54) is 6.42 Å². The van der Waals surface area contributed by atoms with Crippen LogP contribution in [-0.4, -0.2) is 66.4 Å². The van der Waals surface area contributed by atoms with Gasteiger partial charge in [-0.05, 0) is 58.0 Å². The summed E-state index contributed by atoms with van der Waals surface area (Å²) in [4.78, 5) is 40.0. The number of nitrogens with one attached hydrogen (secondary N) is 2. The number of carbonyl (C=O) groups excluding carboxylic acids is 3. The zero-order valence-electron chi connectivity index (χ0n) is 14.3. The van der Waals surface area contributed by atoms with E-state index in [-0.39, 0.29) is 24.4 Å². The van der Waals surface area contributed by atoms with Gasteiger partial charge in [0.05, 0.1) is 6.54 Å². The third kappa shape index (κ3) is 4.93. The molecule has 0 unspecified atom stereocenters. The largest absolute Gasteiger partial charge is 0.342 e. The predicted octanol–water partition coefficient (Wildman–Crippen LogP) is 0.699. The lowest BCUT2D eigenvalue weighted by Gasteiger charge is -2.35. The number of carbonyl (C=O) groups is 3. The third-order valence-corrected chi connectivity index (χ3v) is 5.14. The SMILES string of the molecule is O=C(CN1CCC(C(=O)N2CCCCC2)CC1)NC(=O)NC1CC1. The molecule has 0 spiro atoms. The molecular formula is C17H28N4O3. The van der Waals surface area contributed by atoms with Gasteiger partial charge in [0.2, 0.25) is 11.8 Å². The molecule has 0 bridgehead atoms. The number of likely N-dealkylation sites (tertiary alicyclic amines) is 2. The van der Waals surface area contributed by atoms with Crippen LogP contribution in [0.1, 0.15) is 44.9 Å². The minimum atomic E-state index is -0.391. The highest BCUT2D eigenvalue weighted by Gasteiger charge is 2.30. The second kappa shape index (κ2) is 7.96. The van der Waals surface area contributed by atoms with Crippen LogP contribution in [0.4, 0.5) is 4.79 Å². The quantitative estimate of drug-likeness (QED) is 0.792. The summed E-state index contributed by atoms with van der Waals surface area (Å²) in [5, 5.41) is 5.12. The van der Waals surface area contributed by atoms with Crippen molar-refractivity contribution in [2.75, 3.05) is 32.7 Å². The van der Waals surface area contributed by atoms with Gasteiger partial charge >= 0.3 is 6.03 Å². The first-order chi connectivity index (χ1) is 11.6. The van der Waals surface area contributed by atoms with Crippen LogP contribution in [0.2, 0.25) is 0 Å². The Kier molecular flexibility index (Phi) is 5.71. The minimum absolute atomic E-state index is 0.0978. The Morgan fingerprint density at radius 1 is 0.875 bits per heavy atom. The van der Waals surface area contributed by atoms with Gasteiger partial charge in [-0.3, -0.25) is 19.8 Å². The summed E-state index contributed by atoms with van der Waals surface area (Å²) in [6.07, 6.45) is 7.07. The van der Waals surface area contributed by atoms with E-state index in [0.29, 0.717) is 5.91 Å². The number of nitrogens with zero attached hydrogens (tertiary/aromatic N) is 2. The number of rotatable bonds is 4. The fourth-order valence-electron chi connectivity index (χ4n) is 3.53. The van der Waals surface area contributed by atoms with Crippen molar-refractivity contribution in [3.63, 3.8) is 0 Å². The Labute approximate surface area is 143 Å². The normalized spacial score (nSPS) is 22.9. The third-order valence-electron chi connectivity index (χ3n) is 5.14. The lowest BCUT2D eigenvalue weighted by Crippen LogP contribution is -2.48. The molecule has 1 saturated carbocycles. The lowest BCUT2D eigenvalue weighted by atomic mass is 9.94. The standard InChI is InChI=1S/C17H28N4O3/c22-15(19-17(24)18-14-4-5-14)12-20-10-6-13(7-11-20)16(23)21-8-2-1-3-9-21/h13-14H,1-12H2,(H2,18,19,22,24). The van der Waals surface area contributed by atoms with Crippen molar-refractivity contribution in [3.05, 3.63) is 0 Å². The Morgan fingerprint density at radius 2 is 1.54 bits per heavy atom. The molecule has 0 aromatic heterocycles. The first kappa shape index (κ1) is 17.2. The number of imide groups is 1. The highest BCUT2D eigenvalue weighted by Crippen LogP contribution is 2.21. The molecule has 2 N–H and O–H groups in total. The summed E-state index contributed by atoms with van der Waals surface area (Å²) in [6, 6.07) is -0.146. The molecule has 134 valence electrons. The van der Waals surface area contributed by atoms with Crippen molar-refractivity contribution in [2.45, 2.75) is 51.0 Å². The molecule has 2 aliphatic heterocycles. The molecule has 1 aliphatic carbocycles. The Hall–Kier alpha value is -1.63. The number of urea groups is 1. The molecule has 7 heteroatoms. The van der Waals surface area contributed by atoms with Crippen LogP contribution >= 0.6 is 0 Å². The van der Waals surface area contributed by atoms with Crippen LogP contribution in [0, 0.1) is 5.92 Å². The monoisotopic (exact) mass is 336 g/mol. The van der Waals surface area contributed by atoms with Gasteiger partial charge in [0.25, 0.3) is 0 Å². The second-order valence-corrected chi connectivity index (χ2v) is 7.23. The molecule has 2 saturated heterocycles. The first-order valence-corrected chi connectivity index (χ1v) is 9.23. The second-order valence-electron chi connectivity index (χ2n) is 7.23. The van der Waals surface area contributed by atoms with Gasteiger partial charge in [-0.15, -0.1) is 0 Å². The summed E-state index contributed by atoms with van der Waals surface area (Å²) < 4.78 is 0. The molecular weight excluding hydrogens is 308 g/mol. The lowest BCUT2D eigenvalue weighted by molar-refractivity contribution is -0.138. The Morgan fingerprint density at radius 3 is 2.17 bits per heavy atom. The average Bonchev–Trinajstić information content (AvgIpc) is 3.39. The fourth-order valence-corrected chi connectivity index (χ4v) is 3.53. The zero-order chi connectivity index (χ0) is 16.9. The topological polar surface area (TPSA) is 81.8 Å². The molecule has 3 fully saturated rings. The van der Waals surface area contributed by atoms with Crippen molar-refractivity contribution < 1.29 is 14.4 Å². The molecule has 0 aromatic rings. The summed E-state index contributed by atoms with van der Waals surface area (Å²) in [5.41, 5.74) is 0. The van der Waals surface area contributed by atoms with Crippen molar-refractivity contribution in [1.29, 1.82) is 0 Å². The van der Waals surface area contributed by atoms with Gasteiger partial charge in [0.1, 0.15) is 0 Å². The van der Waals surface area contributed by atoms with Crippen molar-refractivity contribution in [2.24, 2.45) is 5.92 Å². The van der Waals surface area contributed by atoms with Crippen LogP contribution in [-0.2, 0) is 9.59 Å². The maximum Gasteiger partial charge on any atom is 0.321 e. The molecule has 0 aromatic carbocycles. The van der Waals surface area contributed by atoms with E-state index < -0.39 is 6.03 Å². The van der Waals surface area contributed by atoms with E-state index in [1.54, 1.807) is 0 Å². The van der Waals surface area contributed by atoms with E-state index >= 15 is 0 Å². The summed E-state index contributed by atoms with van der Waals surface area (Å²) >= 11 is 0. The van der Waals surface area contributed by atoms with E-state index in [1.807, 2.05) is 9.80 Å². The molecule has 4 amide bonds. The van der Waals surface area contributed by atoms with Crippen LogP contribution < -0.4 is 10.6 Å². The number of hydrogen-bond acceptors (Lipinski definition) is 4. The van der Waals surface area contributed by atoms with E-state index in [4.69, 9.17) is 0 Å². The van der Waals surface area contributed by atoms with Crippen LogP contribution in [0.3, 0.4) is 0 Å². The molecule has 3 rings (SSSR count). The van der Waals surface area contributed by atoms with Crippen molar-refractivity contribution in [3.8, 4) is 0 Å². The average molecular weight is 336 g/mol. The Bertz CT molecular complexity index is 478. The van der Waals surface area contributed by atoms with Gasteiger partial charge in [-0.25, -0.2) is 4.79 Å². The Balaban J connectivity index is 1.35. The number of amides is 4. The molecule has 0 radical (unpaired) electrons. The number of piperidine rings is 2. The maximum absolute atomic E-state index is 12.5. The van der Waals surface area contributed by atoms with Gasteiger partial charge in [0, 0.05) is 25.0 Å². The van der Waals surface area contributed by atoms with Crippen LogP contribution in [0.25, 0.3) is 0 Å². The zero-order valence-corrected chi connectivity index (χ0v) is 14.3. The molecule has 0 atom stereocenters. The molecule has 7 nitrogen and oxygen atoms in total. The van der Waals surface area contributed by atoms with Crippen LogP contribution in [0.5, 0.6) is 0 Å².